The topological polar surface area (TPSA) is 62.2 Å². The van der Waals surface area contributed by atoms with Crippen molar-refractivity contribution in [3.63, 3.8) is 0 Å². The highest BCUT2D eigenvalue weighted by atomic mass is 16.3. The molecule has 0 aromatic carbocycles. The van der Waals surface area contributed by atoms with E-state index in [4.69, 9.17) is 6.42 Å². The Morgan fingerprint density at radius 3 is 3.14 bits per heavy atom. The van der Waals surface area contributed by atoms with Crippen LogP contribution in [0.3, 0.4) is 0 Å². The monoisotopic (exact) mass is 190 g/mol. The Kier molecular flexibility index (Phi) is 3.50. The van der Waals surface area contributed by atoms with Crippen molar-refractivity contribution in [1.29, 1.82) is 0 Å². The number of aromatic hydroxyl groups is 1. The molecule has 14 heavy (non-hydrogen) atoms. The molecule has 0 spiro atoms. The summed E-state index contributed by atoms with van der Waals surface area (Å²) in [5, 5.41) is 11.8. The first-order chi connectivity index (χ1) is 6.75. The van der Waals surface area contributed by atoms with Crippen molar-refractivity contribution in [2.75, 3.05) is 6.54 Å². The first-order valence-corrected chi connectivity index (χ1v) is 4.11. The number of nitrogens with zero attached hydrogens (tertiary/aromatic N) is 1. The summed E-state index contributed by atoms with van der Waals surface area (Å²) in [5.74, 6) is 1.84. The van der Waals surface area contributed by atoms with Gasteiger partial charge in [0.1, 0.15) is 5.75 Å². The molecule has 0 fully saturated rings. The molecule has 0 atom stereocenters. The lowest BCUT2D eigenvalue weighted by Gasteiger charge is -2.03. The van der Waals surface area contributed by atoms with E-state index in [0.717, 1.165) is 0 Å². The van der Waals surface area contributed by atoms with Gasteiger partial charge in [-0.3, -0.25) is 4.79 Å². The van der Waals surface area contributed by atoms with Gasteiger partial charge in [-0.05, 0) is 12.1 Å². The summed E-state index contributed by atoms with van der Waals surface area (Å²) >= 11 is 0. The third-order valence-electron chi connectivity index (χ3n) is 1.56. The van der Waals surface area contributed by atoms with Gasteiger partial charge in [-0.2, -0.15) is 0 Å². The molecule has 0 aliphatic rings. The number of aromatic nitrogens is 1. The molecule has 72 valence electrons. The number of rotatable bonds is 3. The summed E-state index contributed by atoms with van der Waals surface area (Å²) < 4.78 is 0. The van der Waals surface area contributed by atoms with Crippen LogP contribution in [0.4, 0.5) is 0 Å². The van der Waals surface area contributed by atoms with E-state index in [9.17, 15) is 9.90 Å². The predicted molar refractivity (Wildman–Crippen MR) is 51.7 cm³/mol. The number of nitrogens with one attached hydrogen (secondary N) is 1. The van der Waals surface area contributed by atoms with Crippen molar-refractivity contribution >= 4 is 5.91 Å². The molecule has 4 heteroatoms. The fraction of sp³-hybridized carbons (Fsp3) is 0.200. The van der Waals surface area contributed by atoms with Crippen LogP contribution in [0.1, 0.15) is 16.9 Å². The van der Waals surface area contributed by atoms with Gasteiger partial charge >= 0.3 is 0 Å². The standard InChI is InChI=1S/C10H10N2O2/c1-2-3-6-12-10(14)9-8(13)5-4-7-11-9/h1,4-5,7,13H,3,6H2,(H,12,14). The lowest BCUT2D eigenvalue weighted by molar-refractivity contribution is 0.0946. The third-order valence-corrected chi connectivity index (χ3v) is 1.56. The molecule has 1 aromatic rings. The number of hydrogen-bond acceptors (Lipinski definition) is 3. The minimum absolute atomic E-state index is 0.0181. The zero-order valence-electron chi connectivity index (χ0n) is 7.53. The first-order valence-electron chi connectivity index (χ1n) is 4.11. The molecule has 2 N–H and O–H groups in total. The molecule has 0 bridgehead atoms. The highest BCUT2D eigenvalue weighted by Crippen LogP contribution is 2.11. The average molecular weight is 190 g/mol. The van der Waals surface area contributed by atoms with Gasteiger partial charge in [0.25, 0.3) is 5.91 Å². The molecule has 0 saturated carbocycles. The van der Waals surface area contributed by atoms with Gasteiger partial charge in [-0.1, -0.05) is 0 Å². The molecule has 0 aliphatic heterocycles. The SMILES string of the molecule is C#CCCNC(=O)c1ncccc1O. The summed E-state index contributed by atoms with van der Waals surface area (Å²) in [5.41, 5.74) is 0.0181. The molecule has 0 radical (unpaired) electrons. The molecule has 1 heterocycles. The highest BCUT2D eigenvalue weighted by Gasteiger charge is 2.10. The summed E-state index contributed by atoms with van der Waals surface area (Å²) in [6, 6.07) is 2.96. The molecular weight excluding hydrogens is 180 g/mol. The Balaban J connectivity index is 2.62. The van der Waals surface area contributed by atoms with Crippen molar-refractivity contribution in [3.05, 3.63) is 24.0 Å². The van der Waals surface area contributed by atoms with Crippen LogP contribution in [-0.2, 0) is 0 Å². The van der Waals surface area contributed by atoms with E-state index < -0.39 is 5.91 Å². The minimum Gasteiger partial charge on any atom is -0.505 e. The number of amides is 1. The average Bonchev–Trinajstić information content (AvgIpc) is 2.18. The normalized spacial score (nSPS) is 9.07. The maximum atomic E-state index is 11.3. The number of carbonyl (C=O) groups is 1. The maximum Gasteiger partial charge on any atom is 0.273 e. The second kappa shape index (κ2) is 4.87. The van der Waals surface area contributed by atoms with E-state index >= 15 is 0 Å². The summed E-state index contributed by atoms with van der Waals surface area (Å²) in [4.78, 5) is 15.1. The molecule has 0 saturated heterocycles. The van der Waals surface area contributed by atoms with Gasteiger partial charge in [0, 0.05) is 19.2 Å². The Morgan fingerprint density at radius 2 is 2.50 bits per heavy atom. The van der Waals surface area contributed by atoms with Crippen LogP contribution < -0.4 is 5.32 Å². The van der Waals surface area contributed by atoms with Crippen molar-refractivity contribution in [2.45, 2.75) is 6.42 Å². The van der Waals surface area contributed by atoms with Gasteiger partial charge < -0.3 is 10.4 Å². The van der Waals surface area contributed by atoms with Crippen LogP contribution in [0.5, 0.6) is 5.75 Å². The van der Waals surface area contributed by atoms with E-state index in [1.807, 2.05) is 0 Å². The van der Waals surface area contributed by atoms with Crippen LogP contribution in [0.25, 0.3) is 0 Å². The molecule has 1 rings (SSSR count). The fourth-order valence-electron chi connectivity index (χ4n) is 0.904. The third kappa shape index (κ3) is 2.49. The number of pyridine rings is 1. The summed E-state index contributed by atoms with van der Waals surface area (Å²) in [7, 11) is 0. The molecule has 0 aliphatic carbocycles. The van der Waals surface area contributed by atoms with Gasteiger partial charge in [-0.15, -0.1) is 12.3 Å². The van der Waals surface area contributed by atoms with Crippen LogP contribution >= 0.6 is 0 Å². The fourth-order valence-corrected chi connectivity index (χ4v) is 0.904. The lowest BCUT2D eigenvalue weighted by atomic mass is 10.3. The highest BCUT2D eigenvalue weighted by molar-refractivity contribution is 5.94. The predicted octanol–water partition coefficient (Wildman–Crippen LogP) is 0.540. The van der Waals surface area contributed by atoms with E-state index in [2.05, 4.69) is 16.2 Å². The second-order valence-corrected chi connectivity index (χ2v) is 2.58. The van der Waals surface area contributed by atoms with Crippen LogP contribution in [0.2, 0.25) is 0 Å². The molecular formula is C10H10N2O2. The smallest absolute Gasteiger partial charge is 0.273 e. The van der Waals surface area contributed by atoms with Crippen LogP contribution in [0.15, 0.2) is 18.3 Å². The molecule has 1 amide bonds. The number of hydrogen-bond donors (Lipinski definition) is 2. The Hall–Kier alpha value is -2.02. The minimum atomic E-state index is -0.418. The van der Waals surface area contributed by atoms with Gasteiger partial charge in [0.05, 0.1) is 0 Å². The van der Waals surface area contributed by atoms with Crippen molar-refractivity contribution < 1.29 is 9.90 Å². The van der Waals surface area contributed by atoms with Gasteiger partial charge in [-0.25, -0.2) is 4.98 Å². The van der Waals surface area contributed by atoms with Crippen molar-refractivity contribution in [2.24, 2.45) is 0 Å². The van der Waals surface area contributed by atoms with Crippen molar-refractivity contribution in [1.82, 2.24) is 10.3 Å². The molecule has 4 nitrogen and oxygen atoms in total. The Morgan fingerprint density at radius 1 is 1.71 bits per heavy atom. The number of terminal acetylenes is 1. The van der Waals surface area contributed by atoms with E-state index in [0.29, 0.717) is 13.0 Å². The van der Waals surface area contributed by atoms with Crippen LogP contribution in [0, 0.1) is 12.3 Å². The van der Waals surface area contributed by atoms with Gasteiger partial charge in [0.15, 0.2) is 5.69 Å². The Labute approximate surface area is 82.0 Å². The van der Waals surface area contributed by atoms with Crippen molar-refractivity contribution in [3.8, 4) is 18.1 Å². The lowest BCUT2D eigenvalue weighted by Crippen LogP contribution is -2.25. The quantitative estimate of drug-likeness (QED) is 0.540. The molecule has 1 aromatic heterocycles. The largest absolute Gasteiger partial charge is 0.505 e. The first kappa shape index (κ1) is 10.1. The number of carbonyl (C=O) groups excluding carboxylic acids is 1. The second-order valence-electron chi connectivity index (χ2n) is 2.58. The van der Waals surface area contributed by atoms with Gasteiger partial charge in [0.2, 0.25) is 0 Å². The summed E-state index contributed by atoms with van der Waals surface area (Å²) in [6.07, 6.45) is 6.91. The Bertz CT molecular complexity index is 369. The van der Waals surface area contributed by atoms with E-state index in [-0.39, 0.29) is 11.4 Å². The van der Waals surface area contributed by atoms with E-state index in [1.165, 1.54) is 12.3 Å². The van der Waals surface area contributed by atoms with Crippen LogP contribution in [-0.4, -0.2) is 22.5 Å². The zero-order valence-corrected chi connectivity index (χ0v) is 7.53. The maximum absolute atomic E-state index is 11.3. The zero-order chi connectivity index (χ0) is 10.4. The molecule has 0 unspecified atom stereocenters. The van der Waals surface area contributed by atoms with E-state index in [1.54, 1.807) is 6.07 Å². The summed E-state index contributed by atoms with van der Waals surface area (Å²) in [6.45, 7) is 0.380.